The number of hydrazine groups is 1. The molecular weight excluding hydrogens is 248 g/mol. The fourth-order valence-electron chi connectivity index (χ4n) is 1.03. The van der Waals surface area contributed by atoms with Crippen LogP contribution in [0.3, 0.4) is 0 Å². The van der Waals surface area contributed by atoms with E-state index in [0.717, 1.165) is 15.7 Å². The van der Waals surface area contributed by atoms with E-state index in [2.05, 4.69) is 26.1 Å². The molecule has 0 unspecified atom stereocenters. The number of carbonyl (C=O) groups is 1. The molecular formula is C9H11BrN2O2. The Morgan fingerprint density at radius 2 is 2.36 bits per heavy atom. The summed E-state index contributed by atoms with van der Waals surface area (Å²) in [6.45, 7) is 0. The molecule has 0 saturated heterocycles. The monoisotopic (exact) mass is 258 g/mol. The van der Waals surface area contributed by atoms with Crippen molar-refractivity contribution in [3.8, 4) is 0 Å². The van der Waals surface area contributed by atoms with E-state index in [1.807, 2.05) is 12.1 Å². The number of nitrogens with one attached hydrogen (secondary N) is 1. The molecule has 14 heavy (non-hydrogen) atoms. The highest BCUT2D eigenvalue weighted by atomic mass is 79.9. The van der Waals surface area contributed by atoms with Gasteiger partial charge in [0.1, 0.15) is 0 Å². The second-order valence-corrected chi connectivity index (χ2v) is 3.57. The summed E-state index contributed by atoms with van der Waals surface area (Å²) in [5.41, 5.74) is 4.12. The van der Waals surface area contributed by atoms with Crippen LogP contribution in [0, 0.1) is 0 Å². The van der Waals surface area contributed by atoms with Gasteiger partial charge >= 0.3 is 5.97 Å². The van der Waals surface area contributed by atoms with Crippen molar-refractivity contribution < 1.29 is 9.53 Å². The Kier molecular flexibility index (Phi) is 3.91. The quantitative estimate of drug-likeness (QED) is 0.490. The predicted molar refractivity (Wildman–Crippen MR) is 57.7 cm³/mol. The number of ether oxygens (including phenoxy) is 1. The highest BCUT2D eigenvalue weighted by Crippen LogP contribution is 2.22. The molecule has 1 aromatic carbocycles. The number of carbonyl (C=O) groups excluding carboxylic acids is 1. The van der Waals surface area contributed by atoms with E-state index in [9.17, 15) is 4.79 Å². The van der Waals surface area contributed by atoms with Crippen molar-refractivity contribution in [1.29, 1.82) is 0 Å². The van der Waals surface area contributed by atoms with Gasteiger partial charge in [0.15, 0.2) is 0 Å². The molecule has 3 N–H and O–H groups in total. The number of nitrogens with two attached hydrogens (primary N) is 1. The maximum absolute atomic E-state index is 11.0. The third kappa shape index (κ3) is 2.71. The van der Waals surface area contributed by atoms with Crippen LogP contribution in [0.15, 0.2) is 22.7 Å². The Hall–Kier alpha value is -1.07. The molecule has 0 bridgehead atoms. The lowest BCUT2D eigenvalue weighted by molar-refractivity contribution is -0.139. The van der Waals surface area contributed by atoms with Crippen molar-refractivity contribution in [2.45, 2.75) is 6.42 Å². The van der Waals surface area contributed by atoms with Gasteiger partial charge in [0, 0.05) is 4.47 Å². The highest BCUT2D eigenvalue weighted by molar-refractivity contribution is 9.10. The van der Waals surface area contributed by atoms with Gasteiger partial charge in [-0.15, -0.1) is 0 Å². The number of hydrogen-bond acceptors (Lipinski definition) is 4. The van der Waals surface area contributed by atoms with Crippen LogP contribution < -0.4 is 11.3 Å². The first kappa shape index (κ1) is 11.0. The van der Waals surface area contributed by atoms with E-state index < -0.39 is 0 Å². The van der Waals surface area contributed by atoms with Crippen molar-refractivity contribution in [2.75, 3.05) is 12.5 Å². The minimum Gasteiger partial charge on any atom is -0.469 e. The first-order valence-electron chi connectivity index (χ1n) is 3.99. The van der Waals surface area contributed by atoms with Crippen LogP contribution in [0.5, 0.6) is 0 Å². The zero-order valence-electron chi connectivity index (χ0n) is 7.71. The van der Waals surface area contributed by atoms with Crippen LogP contribution in [0.2, 0.25) is 0 Å². The van der Waals surface area contributed by atoms with Gasteiger partial charge in [0.25, 0.3) is 0 Å². The summed E-state index contributed by atoms with van der Waals surface area (Å²) in [4.78, 5) is 11.0. The summed E-state index contributed by atoms with van der Waals surface area (Å²) in [6.07, 6.45) is 0.248. The lowest BCUT2D eigenvalue weighted by atomic mass is 10.1. The minimum atomic E-state index is -0.268. The van der Waals surface area contributed by atoms with Gasteiger partial charge < -0.3 is 10.2 Å². The predicted octanol–water partition coefficient (Wildman–Crippen LogP) is 1.45. The van der Waals surface area contributed by atoms with Crippen LogP contribution in [-0.2, 0) is 16.0 Å². The molecule has 76 valence electrons. The molecule has 0 saturated carbocycles. The van der Waals surface area contributed by atoms with Gasteiger partial charge in [0.05, 0.1) is 19.2 Å². The fourth-order valence-corrected chi connectivity index (χ4v) is 1.39. The maximum atomic E-state index is 11.0. The standard InChI is InChI=1S/C9H11BrN2O2/c1-14-9(13)5-6-2-3-7(10)8(4-6)12-11/h2-4,12H,5,11H2,1H3. The normalized spacial score (nSPS) is 9.64. The van der Waals surface area contributed by atoms with Crippen molar-refractivity contribution >= 4 is 27.6 Å². The lowest BCUT2D eigenvalue weighted by Gasteiger charge is -2.06. The van der Waals surface area contributed by atoms with Crippen LogP contribution >= 0.6 is 15.9 Å². The SMILES string of the molecule is COC(=O)Cc1ccc(Br)c(NN)c1. The van der Waals surface area contributed by atoms with Crippen LogP contribution in [-0.4, -0.2) is 13.1 Å². The Morgan fingerprint density at radius 1 is 1.64 bits per heavy atom. The van der Waals surface area contributed by atoms with Crippen LogP contribution in [0.1, 0.15) is 5.56 Å². The Labute approximate surface area is 90.5 Å². The molecule has 4 nitrogen and oxygen atoms in total. The third-order valence-corrected chi connectivity index (χ3v) is 2.45. The summed E-state index contributed by atoms with van der Waals surface area (Å²) >= 11 is 3.32. The molecule has 0 spiro atoms. The van der Waals surface area contributed by atoms with Gasteiger partial charge in [-0.25, -0.2) is 0 Å². The molecule has 1 rings (SSSR count). The topological polar surface area (TPSA) is 64.3 Å². The van der Waals surface area contributed by atoms with E-state index in [1.165, 1.54) is 7.11 Å². The van der Waals surface area contributed by atoms with Crippen molar-refractivity contribution in [2.24, 2.45) is 5.84 Å². The molecule has 0 radical (unpaired) electrons. The third-order valence-electron chi connectivity index (χ3n) is 1.76. The van der Waals surface area contributed by atoms with Crippen LogP contribution in [0.4, 0.5) is 5.69 Å². The molecule has 0 aliphatic heterocycles. The number of rotatable bonds is 3. The number of esters is 1. The van der Waals surface area contributed by atoms with Gasteiger partial charge in [-0.05, 0) is 33.6 Å². The summed E-state index contributed by atoms with van der Waals surface area (Å²) < 4.78 is 5.41. The van der Waals surface area contributed by atoms with Gasteiger partial charge in [-0.1, -0.05) is 6.07 Å². The van der Waals surface area contributed by atoms with Crippen molar-refractivity contribution in [3.05, 3.63) is 28.2 Å². The average Bonchev–Trinajstić information content (AvgIpc) is 2.20. The second kappa shape index (κ2) is 4.97. The molecule has 0 aromatic heterocycles. The highest BCUT2D eigenvalue weighted by Gasteiger charge is 2.05. The van der Waals surface area contributed by atoms with Gasteiger partial charge in [0.2, 0.25) is 0 Å². The van der Waals surface area contributed by atoms with E-state index in [4.69, 9.17) is 5.84 Å². The lowest BCUT2D eigenvalue weighted by Crippen LogP contribution is -2.09. The Morgan fingerprint density at radius 3 is 2.93 bits per heavy atom. The summed E-state index contributed by atoms with van der Waals surface area (Å²) in [6, 6.07) is 5.45. The molecule has 0 aliphatic carbocycles. The first-order chi connectivity index (χ1) is 6.67. The van der Waals surface area contributed by atoms with Crippen molar-refractivity contribution in [3.63, 3.8) is 0 Å². The summed E-state index contributed by atoms with van der Waals surface area (Å²) in [7, 11) is 1.36. The zero-order chi connectivity index (χ0) is 10.6. The summed E-state index contributed by atoms with van der Waals surface area (Å²) in [5, 5.41) is 0. The largest absolute Gasteiger partial charge is 0.469 e. The number of hydrogen-bond donors (Lipinski definition) is 2. The molecule has 0 amide bonds. The number of halogens is 1. The number of anilines is 1. The molecule has 0 heterocycles. The van der Waals surface area contributed by atoms with E-state index >= 15 is 0 Å². The van der Waals surface area contributed by atoms with Crippen LogP contribution in [0.25, 0.3) is 0 Å². The minimum absolute atomic E-state index is 0.248. The second-order valence-electron chi connectivity index (χ2n) is 2.71. The average molecular weight is 259 g/mol. The Balaban J connectivity index is 2.84. The van der Waals surface area contributed by atoms with Crippen molar-refractivity contribution in [1.82, 2.24) is 0 Å². The zero-order valence-corrected chi connectivity index (χ0v) is 9.30. The van der Waals surface area contributed by atoms with E-state index in [1.54, 1.807) is 6.07 Å². The number of methoxy groups -OCH3 is 1. The first-order valence-corrected chi connectivity index (χ1v) is 4.78. The van der Waals surface area contributed by atoms with E-state index in [-0.39, 0.29) is 12.4 Å². The Bertz CT molecular complexity index is 342. The number of nitrogen functional groups attached to an aromatic ring is 1. The van der Waals surface area contributed by atoms with Gasteiger partial charge in [-0.2, -0.15) is 0 Å². The smallest absolute Gasteiger partial charge is 0.309 e. The van der Waals surface area contributed by atoms with E-state index in [0.29, 0.717) is 0 Å². The molecule has 5 heteroatoms. The summed E-state index contributed by atoms with van der Waals surface area (Å²) in [5.74, 6) is 5.02. The maximum Gasteiger partial charge on any atom is 0.309 e. The molecule has 0 atom stereocenters. The number of benzene rings is 1. The molecule has 1 aromatic rings. The van der Waals surface area contributed by atoms with Gasteiger partial charge in [-0.3, -0.25) is 10.6 Å². The molecule has 0 aliphatic rings. The fraction of sp³-hybridized carbons (Fsp3) is 0.222. The molecule has 0 fully saturated rings.